The number of benzene rings is 1. The number of ether oxygens (including phenoxy) is 1. The maximum absolute atomic E-state index is 12.9. The average molecular weight is 577 g/mol. The Hall–Kier alpha value is -2.72. The van der Waals surface area contributed by atoms with Crippen LogP contribution in [0, 0.1) is 0 Å². The van der Waals surface area contributed by atoms with Crippen molar-refractivity contribution in [3.63, 3.8) is 0 Å². The molecule has 0 saturated heterocycles. The van der Waals surface area contributed by atoms with E-state index in [0.717, 1.165) is 18.4 Å². The van der Waals surface area contributed by atoms with Crippen LogP contribution in [-0.4, -0.2) is 61.6 Å². The van der Waals surface area contributed by atoms with E-state index in [4.69, 9.17) is 27.9 Å². The number of nitrogens with one attached hydrogen (secondary N) is 1. The summed E-state index contributed by atoms with van der Waals surface area (Å²) >= 11 is 12.1. The van der Waals surface area contributed by atoms with Crippen molar-refractivity contribution in [2.45, 2.75) is 48.4 Å². The highest BCUT2D eigenvalue weighted by atomic mass is 35.5. The quantitative estimate of drug-likeness (QED) is 0.351. The zero-order chi connectivity index (χ0) is 27.3. The normalized spacial score (nSPS) is 18.2. The SMILES string of the molecule is COc1nc(CS(=O)(=O)c2cccc(Cl)c2Cl)ccc1/C=C/c1cnc(NC2CCC(N(C)C)CC2)nc1. The zero-order valence-electron chi connectivity index (χ0n) is 21.6. The molecule has 1 aliphatic rings. The fourth-order valence-corrected chi connectivity index (χ4v) is 6.54. The number of nitrogens with zero attached hydrogens (tertiary/aromatic N) is 4. The molecule has 202 valence electrons. The molecule has 0 amide bonds. The van der Waals surface area contributed by atoms with E-state index in [-0.39, 0.29) is 20.7 Å². The minimum atomic E-state index is -3.76. The molecule has 1 saturated carbocycles. The Morgan fingerprint density at radius 2 is 1.76 bits per heavy atom. The van der Waals surface area contributed by atoms with Crippen molar-refractivity contribution in [3.05, 3.63) is 69.6 Å². The van der Waals surface area contributed by atoms with Gasteiger partial charge in [0, 0.05) is 35.6 Å². The van der Waals surface area contributed by atoms with Gasteiger partial charge >= 0.3 is 0 Å². The molecule has 0 spiro atoms. The predicted molar refractivity (Wildman–Crippen MR) is 152 cm³/mol. The second-order valence-corrected chi connectivity index (χ2v) is 12.2. The minimum absolute atomic E-state index is 0.000768. The van der Waals surface area contributed by atoms with Crippen molar-refractivity contribution >= 4 is 51.1 Å². The second-order valence-electron chi connectivity index (χ2n) is 9.50. The zero-order valence-corrected chi connectivity index (χ0v) is 23.9. The van der Waals surface area contributed by atoms with Crippen LogP contribution in [0.25, 0.3) is 12.2 Å². The molecule has 0 aliphatic heterocycles. The minimum Gasteiger partial charge on any atom is -0.481 e. The molecule has 11 heteroatoms. The molecule has 2 aromatic heterocycles. The highest BCUT2D eigenvalue weighted by Gasteiger charge is 2.23. The van der Waals surface area contributed by atoms with Crippen molar-refractivity contribution in [3.8, 4) is 5.88 Å². The van der Waals surface area contributed by atoms with Crippen LogP contribution >= 0.6 is 23.2 Å². The van der Waals surface area contributed by atoms with Crippen molar-refractivity contribution < 1.29 is 13.2 Å². The number of hydrogen-bond acceptors (Lipinski definition) is 8. The summed E-state index contributed by atoms with van der Waals surface area (Å²) < 4.78 is 31.2. The molecular weight excluding hydrogens is 545 g/mol. The van der Waals surface area contributed by atoms with Crippen molar-refractivity contribution in [2.24, 2.45) is 0 Å². The molecule has 2 heterocycles. The van der Waals surface area contributed by atoms with E-state index in [9.17, 15) is 8.42 Å². The fourth-order valence-electron chi connectivity index (χ4n) is 4.46. The lowest BCUT2D eigenvalue weighted by Crippen LogP contribution is -2.36. The summed E-state index contributed by atoms with van der Waals surface area (Å²) in [6.45, 7) is 0. The first-order valence-corrected chi connectivity index (χ1v) is 14.7. The monoisotopic (exact) mass is 575 g/mol. The van der Waals surface area contributed by atoms with E-state index in [0.29, 0.717) is 35.2 Å². The van der Waals surface area contributed by atoms with Crippen LogP contribution < -0.4 is 10.1 Å². The lowest BCUT2D eigenvalue weighted by atomic mass is 9.91. The van der Waals surface area contributed by atoms with Gasteiger partial charge in [-0.05, 0) is 70.1 Å². The summed E-state index contributed by atoms with van der Waals surface area (Å²) in [6.07, 6.45) is 11.7. The van der Waals surface area contributed by atoms with Gasteiger partial charge < -0.3 is 15.0 Å². The predicted octanol–water partition coefficient (Wildman–Crippen LogP) is 5.62. The Morgan fingerprint density at radius 1 is 1.05 bits per heavy atom. The van der Waals surface area contributed by atoms with Crippen LogP contribution in [0.3, 0.4) is 0 Å². The Labute approximate surface area is 234 Å². The molecule has 1 aliphatic carbocycles. The summed E-state index contributed by atoms with van der Waals surface area (Å²) in [6, 6.07) is 8.95. The third kappa shape index (κ3) is 7.02. The van der Waals surface area contributed by atoms with Gasteiger partial charge in [-0.2, -0.15) is 0 Å². The standard InChI is InChI=1S/C27H31Cl2N5O3S/c1-34(2)22-13-11-20(12-14-22)33-27-30-15-18(16-31-27)7-8-19-9-10-21(32-26(19)37-3)17-38(35,36)24-6-4-5-23(28)25(24)29/h4-10,15-16,20,22H,11-14,17H2,1-3H3,(H,30,31,33)/b8-7+. The largest absolute Gasteiger partial charge is 0.481 e. The molecule has 1 fully saturated rings. The number of pyridine rings is 1. The highest BCUT2D eigenvalue weighted by molar-refractivity contribution is 7.90. The van der Waals surface area contributed by atoms with Crippen LogP contribution in [0.2, 0.25) is 10.0 Å². The smallest absolute Gasteiger partial charge is 0.222 e. The van der Waals surface area contributed by atoms with Gasteiger partial charge in [0.05, 0.1) is 33.5 Å². The summed E-state index contributed by atoms with van der Waals surface area (Å²) in [5, 5.41) is 3.62. The van der Waals surface area contributed by atoms with E-state index < -0.39 is 9.84 Å². The van der Waals surface area contributed by atoms with Gasteiger partial charge in [0.1, 0.15) is 0 Å². The van der Waals surface area contributed by atoms with E-state index in [1.54, 1.807) is 30.6 Å². The summed E-state index contributed by atoms with van der Waals surface area (Å²) in [5.74, 6) is 0.589. The van der Waals surface area contributed by atoms with Crippen LogP contribution in [0.4, 0.5) is 5.95 Å². The molecular formula is C27H31Cl2N5O3S. The summed E-state index contributed by atoms with van der Waals surface area (Å²) in [5.41, 5.74) is 1.83. The van der Waals surface area contributed by atoms with Crippen LogP contribution in [0.1, 0.15) is 42.5 Å². The molecule has 0 radical (unpaired) electrons. The maximum atomic E-state index is 12.9. The Balaban J connectivity index is 1.40. The number of hydrogen-bond donors (Lipinski definition) is 1. The molecule has 4 rings (SSSR count). The van der Waals surface area contributed by atoms with Crippen LogP contribution in [0.5, 0.6) is 5.88 Å². The first-order valence-electron chi connectivity index (χ1n) is 12.3. The Bertz CT molecular complexity index is 1390. The molecule has 8 nitrogen and oxygen atoms in total. The molecule has 38 heavy (non-hydrogen) atoms. The maximum Gasteiger partial charge on any atom is 0.222 e. The van der Waals surface area contributed by atoms with Crippen molar-refractivity contribution in [2.75, 3.05) is 26.5 Å². The van der Waals surface area contributed by atoms with Gasteiger partial charge in [0.15, 0.2) is 9.84 Å². The number of methoxy groups -OCH3 is 1. The number of halogens is 2. The van der Waals surface area contributed by atoms with Crippen molar-refractivity contribution in [1.82, 2.24) is 19.9 Å². The van der Waals surface area contributed by atoms with Gasteiger partial charge in [0.2, 0.25) is 11.8 Å². The van der Waals surface area contributed by atoms with Gasteiger partial charge in [-0.15, -0.1) is 0 Å². The second kappa shape index (κ2) is 12.4. The fraction of sp³-hybridized carbons (Fsp3) is 0.370. The van der Waals surface area contributed by atoms with Gasteiger partial charge in [-0.1, -0.05) is 35.3 Å². The molecule has 1 N–H and O–H groups in total. The Morgan fingerprint density at radius 3 is 2.42 bits per heavy atom. The first kappa shape index (κ1) is 28.3. The van der Waals surface area contributed by atoms with Crippen LogP contribution in [-0.2, 0) is 15.6 Å². The summed E-state index contributed by atoms with van der Waals surface area (Å²) in [4.78, 5) is 15.6. The van der Waals surface area contributed by atoms with Gasteiger partial charge in [0.25, 0.3) is 0 Å². The number of rotatable bonds is 9. The van der Waals surface area contributed by atoms with Gasteiger partial charge in [-0.3, -0.25) is 0 Å². The molecule has 0 atom stereocenters. The topological polar surface area (TPSA) is 97.3 Å². The third-order valence-corrected chi connectivity index (χ3v) is 9.23. The number of aromatic nitrogens is 3. The number of anilines is 1. The first-order chi connectivity index (χ1) is 18.2. The average Bonchev–Trinajstić information content (AvgIpc) is 2.90. The third-order valence-electron chi connectivity index (χ3n) is 6.62. The molecule has 0 bridgehead atoms. The van der Waals surface area contributed by atoms with Gasteiger partial charge in [-0.25, -0.2) is 23.4 Å². The van der Waals surface area contributed by atoms with E-state index in [1.165, 1.54) is 32.1 Å². The lowest BCUT2D eigenvalue weighted by molar-refractivity contribution is 0.221. The molecule has 1 aromatic carbocycles. The highest BCUT2D eigenvalue weighted by Crippen LogP contribution is 2.31. The summed E-state index contributed by atoms with van der Waals surface area (Å²) in [7, 11) is 2.00. The van der Waals surface area contributed by atoms with E-state index in [1.807, 2.05) is 12.2 Å². The molecule has 0 unspecified atom stereocenters. The van der Waals surface area contributed by atoms with Crippen LogP contribution in [0.15, 0.2) is 47.6 Å². The Kier molecular flexibility index (Phi) is 9.25. The van der Waals surface area contributed by atoms with E-state index in [2.05, 4.69) is 39.3 Å². The van der Waals surface area contributed by atoms with E-state index >= 15 is 0 Å². The van der Waals surface area contributed by atoms with Crippen molar-refractivity contribution in [1.29, 1.82) is 0 Å². The number of sulfone groups is 1. The molecule has 3 aromatic rings. The lowest BCUT2D eigenvalue weighted by Gasteiger charge is -2.32.